The summed E-state index contributed by atoms with van der Waals surface area (Å²) in [6.07, 6.45) is 2.91. The van der Waals surface area contributed by atoms with Crippen molar-refractivity contribution in [3.05, 3.63) is 35.4 Å². The second kappa shape index (κ2) is 8.76. The van der Waals surface area contributed by atoms with E-state index >= 15 is 0 Å². The second-order valence-corrected chi connectivity index (χ2v) is 9.89. The molecule has 1 heterocycles. The quantitative estimate of drug-likeness (QED) is 0.504. The Labute approximate surface area is 171 Å². The monoisotopic (exact) mass is 445 g/mol. The largest absolute Gasteiger partial charge is 0.394 e. The summed E-state index contributed by atoms with van der Waals surface area (Å²) < 4.78 is 52.6. The van der Waals surface area contributed by atoms with E-state index in [1.54, 1.807) is 6.92 Å². The van der Waals surface area contributed by atoms with Gasteiger partial charge in [-0.15, -0.1) is 0 Å². The minimum atomic E-state index is -3.63. The first-order valence-corrected chi connectivity index (χ1v) is 11.6. The van der Waals surface area contributed by atoms with E-state index in [2.05, 4.69) is 25.0 Å². The number of benzene rings is 1. The Bertz CT molecular complexity index is 989. The Hall–Kier alpha value is -2.05. The molecular formula is C17H21F2N5O3S2. The van der Waals surface area contributed by atoms with Gasteiger partial charge in [0.25, 0.3) is 0 Å². The van der Waals surface area contributed by atoms with Crippen LogP contribution in [-0.2, 0) is 10.0 Å². The first kappa shape index (κ1) is 21.7. The van der Waals surface area contributed by atoms with Gasteiger partial charge in [-0.25, -0.2) is 17.2 Å². The molecule has 8 nitrogen and oxygen atoms in total. The van der Waals surface area contributed by atoms with Crippen molar-refractivity contribution in [1.29, 1.82) is 0 Å². The van der Waals surface area contributed by atoms with Crippen molar-refractivity contribution in [2.45, 2.75) is 36.2 Å². The van der Waals surface area contributed by atoms with E-state index in [9.17, 15) is 22.3 Å². The third kappa shape index (κ3) is 6.21. The molecule has 0 amide bonds. The van der Waals surface area contributed by atoms with E-state index in [-0.39, 0.29) is 35.3 Å². The molecule has 0 bridgehead atoms. The van der Waals surface area contributed by atoms with Crippen molar-refractivity contribution >= 4 is 33.7 Å². The van der Waals surface area contributed by atoms with Crippen molar-refractivity contribution in [2.75, 3.05) is 22.9 Å². The van der Waals surface area contributed by atoms with Crippen LogP contribution in [0, 0.1) is 17.6 Å². The molecule has 1 aliphatic carbocycles. The Kier molecular flexibility index (Phi) is 6.54. The number of halogens is 2. The van der Waals surface area contributed by atoms with Crippen LogP contribution >= 0.6 is 11.8 Å². The van der Waals surface area contributed by atoms with E-state index in [1.165, 1.54) is 6.07 Å². The van der Waals surface area contributed by atoms with Gasteiger partial charge < -0.3 is 10.4 Å². The predicted octanol–water partition coefficient (Wildman–Crippen LogP) is 2.56. The minimum Gasteiger partial charge on any atom is -0.394 e. The zero-order valence-electron chi connectivity index (χ0n) is 15.8. The molecule has 2 atom stereocenters. The lowest BCUT2D eigenvalue weighted by Gasteiger charge is -2.17. The van der Waals surface area contributed by atoms with Crippen LogP contribution in [0.5, 0.6) is 0 Å². The number of thioether (sulfide) groups is 1. The summed E-state index contributed by atoms with van der Waals surface area (Å²) in [7, 11) is -3.63. The van der Waals surface area contributed by atoms with Gasteiger partial charge in [-0.05, 0) is 31.7 Å². The summed E-state index contributed by atoms with van der Waals surface area (Å²) in [6, 6.07) is 3.04. The Morgan fingerprint density at radius 1 is 1.24 bits per heavy atom. The molecule has 2 aromatic rings. The van der Waals surface area contributed by atoms with Crippen LogP contribution < -0.4 is 10.0 Å². The van der Waals surface area contributed by atoms with Gasteiger partial charge in [-0.3, -0.25) is 4.72 Å². The normalized spacial score (nSPS) is 16.3. The van der Waals surface area contributed by atoms with Gasteiger partial charge in [0.15, 0.2) is 5.16 Å². The zero-order chi connectivity index (χ0) is 21.2. The maximum absolute atomic E-state index is 14.1. The first-order chi connectivity index (χ1) is 13.6. The summed E-state index contributed by atoms with van der Waals surface area (Å²) in [4.78, 5) is 12.4. The lowest BCUT2D eigenvalue weighted by atomic mass is 10.1. The van der Waals surface area contributed by atoms with Crippen LogP contribution in [0.2, 0.25) is 0 Å². The third-order valence-corrected chi connectivity index (χ3v) is 5.83. The molecule has 0 radical (unpaired) electrons. The van der Waals surface area contributed by atoms with Crippen molar-refractivity contribution < 1.29 is 22.3 Å². The van der Waals surface area contributed by atoms with Crippen LogP contribution in [0.15, 0.2) is 23.4 Å². The lowest BCUT2D eigenvalue weighted by molar-refractivity contribution is 0.263. The Morgan fingerprint density at radius 3 is 2.52 bits per heavy atom. The highest BCUT2D eigenvalue weighted by molar-refractivity contribution is 7.99. The molecule has 0 spiro atoms. The number of hydrogen-bond acceptors (Lipinski definition) is 8. The smallest absolute Gasteiger partial charge is 0.242 e. The molecule has 1 fully saturated rings. The summed E-state index contributed by atoms with van der Waals surface area (Å²) in [5.41, 5.74) is 0.259. The van der Waals surface area contributed by atoms with E-state index in [0.717, 1.165) is 43.0 Å². The molecule has 29 heavy (non-hydrogen) atoms. The number of nitrogens with one attached hydrogen (secondary N) is 2. The average Bonchev–Trinajstić information content (AvgIpc) is 3.42. The first-order valence-electron chi connectivity index (χ1n) is 8.87. The predicted molar refractivity (Wildman–Crippen MR) is 106 cm³/mol. The van der Waals surface area contributed by atoms with E-state index < -0.39 is 26.9 Å². The van der Waals surface area contributed by atoms with Gasteiger partial charge in [-0.1, -0.05) is 17.8 Å². The molecule has 1 aliphatic rings. The fraction of sp³-hybridized carbons (Fsp3) is 0.471. The van der Waals surface area contributed by atoms with Gasteiger partial charge in [0.05, 0.1) is 18.9 Å². The van der Waals surface area contributed by atoms with Crippen LogP contribution in [0.25, 0.3) is 0 Å². The molecule has 3 rings (SSSR count). The molecule has 0 aliphatic heterocycles. The number of sulfonamides is 1. The van der Waals surface area contributed by atoms with Crippen LogP contribution in [0.4, 0.5) is 20.7 Å². The Morgan fingerprint density at radius 2 is 1.93 bits per heavy atom. The maximum Gasteiger partial charge on any atom is 0.242 e. The molecule has 1 aromatic heterocycles. The van der Waals surface area contributed by atoms with Gasteiger partial charge in [-0.2, -0.15) is 15.0 Å². The van der Waals surface area contributed by atoms with Crippen LogP contribution in [-0.4, -0.2) is 47.4 Å². The topological polar surface area (TPSA) is 117 Å². The highest BCUT2D eigenvalue weighted by atomic mass is 32.2. The van der Waals surface area contributed by atoms with Crippen molar-refractivity contribution in [3.8, 4) is 0 Å². The van der Waals surface area contributed by atoms with E-state index in [1.807, 2.05) is 0 Å². The number of aromatic nitrogens is 3. The van der Waals surface area contributed by atoms with Crippen LogP contribution in [0.1, 0.15) is 30.6 Å². The van der Waals surface area contributed by atoms with E-state index in [0.29, 0.717) is 5.92 Å². The fourth-order valence-corrected chi connectivity index (χ4v) is 4.05. The highest BCUT2D eigenvalue weighted by Gasteiger charge is 2.31. The summed E-state index contributed by atoms with van der Waals surface area (Å²) >= 11 is 1.07. The highest BCUT2D eigenvalue weighted by Crippen LogP contribution is 2.36. The molecule has 1 saturated carbocycles. The summed E-state index contributed by atoms with van der Waals surface area (Å²) in [6.45, 7) is 1.58. The number of hydrogen-bond donors (Lipinski definition) is 3. The summed E-state index contributed by atoms with van der Waals surface area (Å²) in [5.74, 6) is -1.16. The average molecular weight is 446 g/mol. The zero-order valence-corrected chi connectivity index (χ0v) is 17.4. The molecule has 3 N–H and O–H groups in total. The van der Waals surface area contributed by atoms with Crippen LogP contribution in [0.3, 0.4) is 0 Å². The molecule has 158 valence electrons. The van der Waals surface area contributed by atoms with Gasteiger partial charge in [0.1, 0.15) is 11.6 Å². The van der Waals surface area contributed by atoms with Gasteiger partial charge in [0.2, 0.25) is 21.9 Å². The van der Waals surface area contributed by atoms with Gasteiger partial charge in [0, 0.05) is 16.9 Å². The van der Waals surface area contributed by atoms with Crippen molar-refractivity contribution in [3.63, 3.8) is 0 Å². The number of rotatable bonds is 9. The number of aliphatic hydroxyl groups is 1. The number of nitrogens with zero attached hydrogens (tertiary/aromatic N) is 3. The van der Waals surface area contributed by atoms with E-state index in [4.69, 9.17) is 0 Å². The second-order valence-electron chi connectivity index (χ2n) is 6.84. The van der Waals surface area contributed by atoms with Crippen molar-refractivity contribution in [2.24, 2.45) is 5.92 Å². The molecule has 1 aromatic carbocycles. The Balaban J connectivity index is 1.87. The third-order valence-electron chi connectivity index (χ3n) is 4.28. The van der Waals surface area contributed by atoms with Crippen molar-refractivity contribution in [1.82, 2.24) is 15.0 Å². The standard InChI is InChI=1S/C17H21F2N5O3S2/c1-9(12-6-5-11(18)7-13(12)19)28-17-22-15(20-14(8-25)10-3-4-10)21-16(23-17)24-29(2,26)27/h5-7,9-10,14,25H,3-4,8H2,1-2H3,(H2,20,21,22,23,24)/t9?,14-/m0/s1. The molecular weight excluding hydrogens is 424 g/mol. The molecule has 1 unspecified atom stereocenters. The molecule has 12 heteroatoms. The fourth-order valence-electron chi connectivity index (χ4n) is 2.71. The number of aliphatic hydroxyl groups excluding tert-OH is 1. The molecule has 0 saturated heterocycles. The lowest BCUT2D eigenvalue weighted by Crippen LogP contribution is -2.27. The number of anilines is 2. The van der Waals surface area contributed by atoms with Gasteiger partial charge >= 0.3 is 0 Å². The maximum atomic E-state index is 14.1. The minimum absolute atomic E-state index is 0.103. The summed E-state index contributed by atoms with van der Waals surface area (Å²) in [5, 5.41) is 12.2. The SMILES string of the molecule is CC(Sc1nc(N[C@@H](CO)C2CC2)nc(NS(C)(=O)=O)n1)c1ccc(F)cc1F.